The smallest absolute Gasteiger partial charge is 0.0707 e. The van der Waals surface area contributed by atoms with Crippen molar-refractivity contribution in [3.8, 4) is 0 Å². The number of ether oxygens (including phenoxy) is 2. The zero-order chi connectivity index (χ0) is 11.7. The van der Waals surface area contributed by atoms with Gasteiger partial charge in [-0.25, -0.2) is 0 Å². The van der Waals surface area contributed by atoms with Crippen LogP contribution < -0.4 is 5.73 Å². The van der Waals surface area contributed by atoms with Crippen LogP contribution in [0.1, 0.15) is 57.8 Å². The van der Waals surface area contributed by atoms with Gasteiger partial charge in [0.05, 0.1) is 17.8 Å². The van der Waals surface area contributed by atoms with E-state index in [0.29, 0.717) is 18.2 Å². The molecule has 1 spiro atoms. The average molecular weight is 239 g/mol. The maximum atomic E-state index is 6.25. The molecule has 1 aliphatic heterocycles. The molecule has 2 saturated carbocycles. The van der Waals surface area contributed by atoms with E-state index in [4.69, 9.17) is 15.2 Å². The molecule has 0 amide bonds. The van der Waals surface area contributed by atoms with Crippen molar-refractivity contribution in [3.63, 3.8) is 0 Å². The maximum Gasteiger partial charge on any atom is 0.0707 e. The van der Waals surface area contributed by atoms with Crippen molar-refractivity contribution in [3.05, 3.63) is 0 Å². The largest absolute Gasteiger partial charge is 0.375 e. The SMILES string of the molecule is NC1CCC(OC2CCOC3(CCCC3)C2)C1. The van der Waals surface area contributed by atoms with Gasteiger partial charge in [0, 0.05) is 19.1 Å². The molecule has 3 unspecified atom stereocenters. The van der Waals surface area contributed by atoms with E-state index in [0.717, 1.165) is 38.7 Å². The Bertz CT molecular complexity index is 263. The van der Waals surface area contributed by atoms with Crippen LogP contribution >= 0.6 is 0 Å². The fourth-order valence-electron chi connectivity index (χ4n) is 3.84. The number of hydrogen-bond acceptors (Lipinski definition) is 3. The summed E-state index contributed by atoms with van der Waals surface area (Å²) in [6, 6.07) is 0.375. The highest BCUT2D eigenvalue weighted by Gasteiger charge is 2.41. The van der Waals surface area contributed by atoms with Gasteiger partial charge in [-0.15, -0.1) is 0 Å². The fourth-order valence-corrected chi connectivity index (χ4v) is 3.84. The Balaban J connectivity index is 1.53. The second kappa shape index (κ2) is 4.87. The van der Waals surface area contributed by atoms with E-state index in [-0.39, 0.29) is 5.60 Å². The van der Waals surface area contributed by atoms with Gasteiger partial charge in [-0.1, -0.05) is 12.8 Å². The normalized spacial score (nSPS) is 41.1. The molecule has 3 atom stereocenters. The Labute approximate surface area is 104 Å². The Morgan fingerprint density at radius 3 is 2.59 bits per heavy atom. The lowest BCUT2D eigenvalue weighted by atomic mass is 9.90. The minimum absolute atomic E-state index is 0.184. The summed E-state index contributed by atoms with van der Waals surface area (Å²) < 4.78 is 12.3. The molecule has 2 aliphatic carbocycles. The number of rotatable bonds is 2. The van der Waals surface area contributed by atoms with Gasteiger partial charge in [-0.2, -0.15) is 0 Å². The number of nitrogens with two attached hydrogens (primary N) is 1. The Morgan fingerprint density at radius 2 is 1.88 bits per heavy atom. The lowest BCUT2D eigenvalue weighted by molar-refractivity contribution is -0.144. The molecule has 3 nitrogen and oxygen atoms in total. The van der Waals surface area contributed by atoms with Crippen LogP contribution in [-0.2, 0) is 9.47 Å². The molecular formula is C14H25NO2. The maximum absolute atomic E-state index is 6.25. The van der Waals surface area contributed by atoms with Crippen molar-refractivity contribution in [1.82, 2.24) is 0 Å². The summed E-state index contributed by atoms with van der Waals surface area (Å²) in [4.78, 5) is 0. The Morgan fingerprint density at radius 1 is 1.06 bits per heavy atom. The molecule has 1 saturated heterocycles. The van der Waals surface area contributed by atoms with E-state index in [2.05, 4.69) is 0 Å². The summed E-state index contributed by atoms with van der Waals surface area (Å²) >= 11 is 0. The summed E-state index contributed by atoms with van der Waals surface area (Å²) in [5, 5.41) is 0. The molecule has 1 heterocycles. The highest BCUT2D eigenvalue weighted by molar-refractivity contribution is 4.92. The van der Waals surface area contributed by atoms with Crippen molar-refractivity contribution >= 4 is 0 Å². The van der Waals surface area contributed by atoms with Crippen LogP contribution in [0, 0.1) is 0 Å². The zero-order valence-corrected chi connectivity index (χ0v) is 10.7. The van der Waals surface area contributed by atoms with Gasteiger partial charge in [-0.3, -0.25) is 0 Å². The first kappa shape index (κ1) is 11.9. The molecule has 98 valence electrons. The van der Waals surface area contributed by atoms with Crippen molar-refractivity contribution in [2.75, 3.05) is 6.61 Å². The minimum Gasteiger partial charge on any atom is -0.375 e. The lowest BCUT2D eigenvalue weighted by Gasteiger charge is -2.39. The van der Waals surface area contributed by atoms with Crippen LogP contribution in [0.3, 0.4) is 0 Å². The highest BCUT2D eigenvalue weighted by Crippen LogP contribution is 2.41. The third-order valence-corrected chi connectivity index (χ3v) is 4.77. The van der Waals surface area contributed by atoms with Gasteiger partial charge in [-0.05, 0) is 38.5 Å². The first-order valence-electron chi connectivity index (χ1n) is 7.31. The van der Waals surface area contributed by atoms with Crippen molar-refractivity contribution < 1.29 is 9.47 Å². The fraction of sp³-hybridized carbons (Fsp3) is 1.00. The topological polar surface area (TPSA) is 44.5 Å². The predicted molar refractivity (Wildman–Crippen MR) is 66.9 cm³/mol. The van der Waals surface area contributed by atoms with Gasteiger partial charge in [0.15, 0.2) is 0 Å². The van der Waals surface area contributed by atoms with Gasteiger partial charge in [0.1, 0.15) is 0 Å². The van der Waals surface area contributed by atoms with E-state index < -0.39 is 0 Å². The molecule has 0 bridgehead atoms. The summed E-state index contributed by atoms with van der Waals surface area (Å²) in [5.74, 6) is 0. The van der Waals surface area contributed by atoms with Crippen molar-refractivity contribution in [2.45, 2.75) is 81.6 Å². The van der Waals surface area contributed by atoms with Gasteiger partial charge >= 0.3 is 0 Å². The van der Waals surface area contributed by atoms with Crippen molar-refractivity contribution in [1.29, 1.82) is 0 Å². The molecule has 2 N–H and O–H groups in total. The van der Waals surface area contributed by atoms with Crippen LogP contribution in [0.4, 0.5) is 0 Å². The van der Waals surface area contributed by atoms with Crippen LogP contribution in [0.5, 0.6) is 0 Å². The molecule has 0 aromatic carbocycles. The number of hydrogen-bond donors (Lipinski definition) is 1. The molecule has 0 aromatic rings. The molecule has 0 radical (unpaired) electrons. The second-order valence-electron chi connectivity index (χ2n) is 6.18. The van der Waals surface area contributed by atoms with Crippen LogP contribution in [0.25, 0.3) is 0 Å². The van der Waals surface area contributed by atoms with E-state index in [1.54, 1.807) is 0 Å². The zero-order valence-electron chi connectivity index (χ0n) is 10.7. The van der Waals surface area contributed by atoms with Crippen LogP contribution in [-0.4, -0.2) is 30.5 Å². The van der Waals surface area contributed by atoms with E-state index in [9.17, 15) is 0 Å². The quantitative estimate of drug-likeness (QED) is 0.804. The van der Waals surface area contributed by atoms with Crippen molar-refractivity contribution in [2.24, 2.45) is 5.73 Å². The average Bonchev–Trinajstić information content (AvgIpc) is 2.89. The highest BCUT2D eigenvalue weighted by atomic mass is 16.5. The molecular weight excluding hydrogens is 214 g/mol. The van der Waals surface area contributed by atoms with Gasteiger partial charge in [0.25, 0.3) is 0 Å². The first-order valence-corrected chi connectivity index (χ1v) is 7.31. The summed E-state index contributed by atoms with van der Waals surface area (Å²) in [5.41, 5.74) is 6.13. The van der Waals surface area contributed by atoms with Gasteiger partial charge in [0.2, 0.25) is 0 Å². The minimum atomic E-state index is 0.184. The lowest BCUT2D eigenvalue weighted by Crippen LogP contribution is -2.41. The van der Waals surface area contributed by atoms with E-state index in [1.807, 2.05) is 0 Å². The summed E-state index contributed by atoms with van der Waals surface area (Å²) in [6.07, 6.45) is 11.6. The third-order valence-electron chi connectivity index (χ3n) is 4.77. The predicted octanol–water partition coefficient (Wildman–Crippen LogP) is 2.37. The third kappa shape index (κ3) is 2.67. The summed E-state index contributed by atoms with van der Waals surface area (Å²) in [7, 11) is 0. The Hall–Kier alpha value is -0.120. The molecule has 3 fully saturated rings. The van der Waals surface area contributed by atoms with Crippen LogP contribution in [0.2, 0.25) is 0 Å². The Kier molecular flexibility index (Phi) is 3.42. The molecule has 3 rings (SSSR count). The molecule has 17 heavy (non-hydrogen) atoms. The standard InChI is InChI=1S/C14H25NO2/c15-11-3-4-12(9-11)17-13-5-8-16-14(10-13)6-1-2-7-14/h11-13H,1-10,15H2. The van der Waals surface area contributed by atoms with Crippen LogP contribution in [0.15, 0.2) is 0 Å². The monoisotopic (exact) mass is 239 g/mol. The molecule has 3 aliphatic rings. The van der Waals surface area contributed by atoms with E-state index >= 15 is 0 Å². The van der Waals surface area contributed by atoms with E-state index in [1.165, 1.54) is 25.7 Å². The summed E-state index contributed by atoms with van der Waals surface area (Å²) in [6.45, 7) is 0.892. The second-order valence-corrected chi connectivity index (χ2v) is 6.18. The van der Waals surface area contributed by atoms with Gasteiger partial charge < -0.3 is 15.2 Å². The molecule has 0 aromatic heterocycles. The first-order chi connectivity index (χ1) is 8.26. The molecule has 3 heteroatoms.